The lowest BCUT2D eigenvalue weighted by atomic mass is 9.45. The van der Waals surface area contributed by atoms with Crippen molar-refractivity contribution >= 4 is 28.4 Å². The van der Waals surface area contributed by atoms with Crippen LogP contribution in [0, 0.1) is 34.5 Å². The van der Waals surface area contributed by atoms with Gasteiger partial charge in [0.2, 0.25) is 0 Å². The predicted octanol–water partition coefficient (Wildman–Crippen LogP) is 4.43. The van der Waals surface area contributed by atoms with Crippen molar-refractivity contribution in [1.29, 1.82) is 0 Å². The standard InChI is InChI=1S/C21H30O3S/c1-12(22)25-13-6-8-20(2)16-7-9-21(3)15(4-5-19(21)24)14(16)11-18(23)17(20)10-13/h13-17H,4-11H2,1-3H3. The molecule has 0 aliphatic heterocycles. The molecule has 7 atom stereocenters. The summed E-state index contributed by atoms with van der Waals surface area (Å²) in [6.45, 7) is 6.15. The molecule has 3 nitrogen and oxygen atoms in total. The van der Waals surface area contributed by atoms with E-state index >= 15 is 0 Å². The van der Waals surface area contributed by atoms with Crippen LogP contribution in [0.2, 0.25) is 0 Å². The van der Waals surface area contributed by atoms with Crippen molar-refractivity contribution in [1.82, 2.24) is 0 Å². The van der Waals surface area contributed by atoms with E-state index in [-0.39, 0.29) is 21.9 Å². The normalized spacial score (nSPS) is 49.3. The van der Waals surface area contributed by atoms with Gasteiger partial charge in [-0.2, -0.15) is 0 Å². The van der Waals surface area contributed by atoms with Crippen LogP contribution < -0.4 is 0 Å². The maximum Gasteiger partial charge on any atom is 0.186 e. The quantitative estimate of drug-likeness (QED) is 0.692. The minimum Gasteiger partial charge on any atom is -0.299 e. The molecule has 0 aromatic heterocycles. The highest BCUT2D eigenvalue weighted by Gasteiger charge is 2.62. The molecule has 0 radical (unpaired) electrons. The van der Waals surface area contributed by atoms with Gasteiger partial charge in [0.25, 0.3) is 0 Å². The third kappa shape index (κ3) is 2.57. The smallest absolute Gasteiger partial charge is 0.186 e. The van der Waals surface area contributed by atoms with Crippen molar-refractivity contribution in [2.75, 3.05) is 0 Å². The Hall–Kier alpha value is -0.640. The Morgan fingerprint density at radius 2 is 1.84 bits per heavy atom. The molecular weight excluding hydrogens is 332 g/mol. The van der Waals surface area contributed by atoms with E-state index in [4.69, 9.17) is 0 Å². The van der Waals surface area contributed by atoms with Crippen molar-refractivity contribution in [3.63, 3.8) is 0 Å². The summed E-state index contributed by atoms with van der Waals surface area (Å²) in [7, 11) is 0. The van der Waals surface area contributed by atoms with E-state index in [2.05, 4.69) is 13.8 Å². The van der Waals surface area contributed by atoms with Gasteiger partial charge in [0, 0.05) is 36.3 Å². The maximum atomic E-state index is 13.1. The highest BCUT2D eigenvalue weighted by molar-refractivity contribution is 8.14. The van der Waals surface area contributed by atoms with E-state index in [1.165, 1.54) is 11.8 Å². The summed E-state index contributed by atoms with van der Waals surface area (Å²) >= 11 is 1.44. The number of fused-ring (bicyclic) bond motifs is 5. The van der Waals surface area contributed by atoms with Crippen molar-refractivity contribution in [2.45, 2.75) is 77.4 Å². The van der Waals surface area contributed by atoms with Gasteiger partial charge in [-0.1, -0.05) is 25.6 Å². The number of hydrogen-bond donors (Lipinski definition) is 0. The summed E-state index contributed by atoms with van der Waals surface area (Å²) < 4.78 is 0. The average Bonchev–Trinajstić information content (AvgIpc) is 2.84. The molecule has 4 fully saturated rings. The van der Waals surface area contributed by atoms with Crippen LogP contribution in [0.15, 0.2) is 0 Å². The van der Waals surface area contributed by atoms with Crippen molar-refractivity contribution in [3.8, 4) is 0 Å². The van der Waals surface area contributed by atoms with Crippen LogP contribution >= 0.6 is 11.8 Å². The lowest BCUT2D eigenvalue weighted by Crippen LogP contribution is -2.56. The van der Waals surface area contributed by atoms with Crippen LogP contribution in [0.1, 0.15) is 72.1 Å². The number of rotatable bonds is 1. The second-order valence-corrected chi connectivity index (χ2v) is 11.0. The first-order chi connectivity index (χ1) is 11.8. The Balaban J connectivity index is 1.60. The topological polar surface area (TPSA) is 51.2 Å². The lowest BCUT2D eigenvalue weighted by molar-refractivity contribution is -0.155. The van der Waals surface area contributed by atoms with E-state index in [0.717, 1.165) is 44.9 Å². The molecule has 0 aromatic carbocycles. The highest BCUT2D eigenvalue weighted by atomic mass is 32.2. The van der Waals surface area contributed by atoms with Gasteiger partial charge in [0.1, 0.15) is 11.6 Å². The number of ketones is 2. The molecule has 4 aliphatic carbocycles. The summed E-state index contributed by atoms with van der Waals surface area (Å²) in [4.78, 5) is 37.1. The van der Waals surface area contributed by atoms with Gasteiger partial charge in [-0.05, 0) is 61.7 Å². The number of carbonyl (C=O) groups excluding carboxylic acids is 3. The summed E-state index contributed by atoms with van der Waals surface area (Å²) in [5.41, 5.74) is -0.0762. The minimum atomic E-state index is -0.160. The molecule has 0 aromatic rings. The van der Waals surface area contributed by atoms with E-state index in [9.17, 15) is 14.4 Å². The van der Waals surface area contributed by atoms with Crippen molar-refractivity contribution < 1.29 is 14.4 Å². The van der Waals surface area contributed by atoms with Gasteiger partial charge >= 0.3 is 0 Å². The van der Waals surface area contributed by atoms with Gasteiger partial charge < -0.3 is 0 Å². The molecule has 4 aliphatic rings. The van der Waals surface area contributed by atoms with Gasteiger partial charge in [0.15, 0.2) is 5.12 Å². The third-order valence-electron chi connectivity index (χ3n) is 8.45. The summed E-state index contributed by atoms with van der Waals surface area (Å²) in [6, 6.07) is 0. The monoisotopic (exact) mass is 362 g/mol. The lowest BCUT2D eigenvalue weighted by Gasteiger charge is -2.59. The summed E-state index contributed by atoms with van der Waals surface area (Å²) in [5.74, 6) is 2.41. The first-order valence-corrected chi connectivity index (χ1v) is 10.9. The molecule has 4 saturated carbocycles. The number of Topliss-reactive ketones (excluding diaryl/α,β-unsaturated/α-hetero) is 2. The minimum absolute atomic E-state index is 0.0841. The zero-order valence-electron chi connectivity index (χ0n) is 15.7. The fourth-order valence-electron chi connectivity index (χ4n) is 7.12. The summed E-state index contributed by atoms with van der Waals surface area (Å²) in [6.07, 6.45) is 7.50. The zero-order chi connectivity index (χ0) is 18.0. The molecule has 0 bridgehead atoms. The number of carbonyl (C=O) groups is 3. The largest absolute Gasteiger partial charge is 0.299 e. The Morgan fingerprint density at radius 1 is 1.08 bits per heavy atom. The fourth-order valence-corrected chi connectivity index (χ4v) is 8.11. The van der Waals surface area contributed by atoms with Gasteiger partial charge in [-0.3, -0.25) is 14.4 Å². The van der Waals surface area contributed by atoms with Gasteiger partial charge in [-0.15, -0.1) is 0 Å². The first kappa shape index (κ1) is 17.8. The van der Waals surface area contributed by atoms with E-state index < -0.39 is 0 Å². The molecular formula is C21H30O3S. The average molecular weight is 363 g/mol. The van der Waals surface area contributed by atoms with E-state index in [1.807, 2.05) is 0 Å². The maximum absolute atomic E-state index is 13.1. The number of hydrogen-bond acceptors (Lipinski definition) is 4. The molecule has 0 amide bonds. The Morgan fingerprint density at radius 3 is 2.56 bits per heavy atom. The Labute approximate surface area is 155 Å². The van der Waals surface area contributed by atoms with Gasteiger partial charge in [0.05, 0.1) is 0 Å². The Kier molecular flexibility index (Phi) is 4.22. The second kappa shape index (κ2) is 5.94. The van der Waals surface area contributed by atoms with Crippen LogP contribution in [0.4, 0.5) is 0 Å². The predicted molar refractivity (Wildman–Crippen MR) is 99.2 cm³/mol. The molecule has 4 rings (SSSR count). The molecule has 25 heavy (non-hydrogen) atoms. The van der Waals surface area contributed by atoms with Crippen LogP contribution in [-0.2, 0) is 14.4 Å². The SMILES string of the molecule is CC(=O)SC1CCC2(C)C(C1)C(=O)CC1C3CCC(=O)C3(C)CCC12. The van der Waals surface area contributed by atoms with E-state index in [1.54, 1.807) is 6.92 Å². The highest BCUT2D eigenvalue weighted by Crippen LogP contribution is 2.65. The second-order valence-electron chi connectivity index (χ2n) is 9.53. The Bertz CT molecular complexity index is 629. The molecule has 0 heterocycles. The van der Waals surface area contributed by atoms with Gasteiger partial charge in [-0.25, -0.2) is 0 Å². The zero-order valence-corrected chi connectivity index (χ0v) is 16.5. The third-order valence-corrected chi connectivity index (χ3v) is 9.54. The fraction of sp³-hybridized carbons (Fsp3) is 0.857. The number of thioether (sulfide) groups is 1. The van der Waals surface area contributed by atoms with Crippen LogP contribution in [0.3, 0.4) is 0 Å². The molecule has 7 unspecified atom stereocenters. The molecule has 0 N–H and O–H groups in total. The van der Waals surface area contributed by atoms with Crippen LogP contribution in [0.25, 0.3) is 0 Å². The molecule has 4 heteroatoms. The molecule has 0 saturated heterocycles. The summed E-state index contributed by atoms with van der Waals surface area (Å²) in [5, 5.41) is 0.491. The molecule has 138 valence electrons. The van der Waals surface area contributed by atoms with Crippen molar-refractivity contribution in [3.05, 3.63) is 0 Å². The van der Waals surface area contributed by atoms with E-state index in [0.29, 0.717) is 41.0 Å². The van der Waals surface area contributed by atoms with Crippen LogP contribution in [0.5, 0.6) is 0 Å². The molecule has 0 spiro atoms. The van der Waals surface area contributed by atoms with Crippen molar-refractivity contribution in [2.24, 2.45) is 34.5 Å². The van der Waals surface area contributed by atoms with Crippen LogP contribution in [-0.4, -0.2) is 21.9 Å². The first-order valence-electron chi connectivity index (χ1n) is 9.99.